The maximum absolute atomic E-state index is 12.5. The van der Waals surface area contributed by atoms with E-state index in [9.17, 15) is 23.1 Å². The quantitative estimate of drug-likeness (QED) is 0.392. The van der Waals surface area contributed by atoms with Crippen LogP contribution in [-0.2, 0) is 19.6 Å². The number of hydrogen-bond donors (Lipinski definition) is 3. The molecule has 2 aromatic carbocycles. The fraction of sp³-hybridized carbons (Fsp3) is 0.276. The van der Waals surface area contributed by atoms with Crippen LogP contribution in [0.5, 0.6) is 0 Å². The molecule has 11 heteroatoms. The van der Waals surface area contributed by atoms with Crippen molar-refractivity contribution in [3.8, 4) is 0 Å². The van der Waals surface area contributed by atoms with E-state index in [1.807, 2.05) is 32.0 Å². The van der Waals surface area contributed by atoms with Gasteiger partial charge in [-0.2, -0.15) is 0 Å². The second-order valence-corrected chi connectivity index (χ2v) is 11.0. The molecule has 4 rings (SSSR count). The molecule has 40 heavy (non-hydrogen) atoms. The van der Waals surface area contributed by atoms with Gasteiger partial charge < -0.3 is 15.7 Å². The highest BCUT2D eigenvalue weighted by atomic mass is 32.2. The lowest BCUT2D eigenvalue weighted by Gasteiger charge is -2.28. The molecule has 0 saturated carbocycles. The lowest BCUT2D eigenvalue weighted by molar-refractivity contribution is -0.117. The summed E-state index contributed by atoms with van der Waals surface area (Å²) >= 11 is 0. The van der Waals surface area contributed by atoms with Crippen LogP contribution in [0.1, 0.15) is 30.5 Å². The molecule has 0 radical (unpaired) electrons. The van der Waals surface area contributed by atoms with Crippen molar-refractivity contribution in [1.29, 1.82) is 0 Å². The summed E-state index contributed by atoms with van der Waals surface area (Å²) in [6.45, 7) is 10.4. The summed E-state index contributed by atoms with van der Waals surface area (Å²) in [6, 6.07) is 16.9. The minimum absolute atomic E-state index is 0.0469. The maximum Gasteiger partial charge on any atom is 0.277 e. The number of carbonyl (C=O) groups is 2. The first-order valence-electron chi connectivity index (χ1n) is 12.8. The van der Waals surface area contributed by atoms with Gasteiger partial charge in [-0.05, 0) is 62.3 Å². The van der Waals surface area contributed by atoms with E-state index in [-0.39, 0.29) is 27.9 Å². The molecule has 3 N–H and O–H groups in total. The monoisotopic (exact) mass is 565 g/mol. The first-order chi connectivity index (χ1) is 19.0. The van der Waals surface area contributed by atoms with Crippen LogP contribution >= 0.6 is 0 Å². The van der Waals surface area contributed by atoms with E-state index in [1.165, 1.54) is 25.4 Å². The Morgan fingerprint density at radius 2 is 1.55 bits per heavy atom. The zero-order valence-electron chi connectivity index (χ0n) is 23.3. The number of rotatable bonds is 7. The molecule has 2 heterocycles. The Hall–Kier alpha value is -4.22. The predicted molar refractivity (Wildman–Crippen MR) is 156 cm³/mol. The summed E-state index contributed by atoms with van der Waals surface area (Å²) in [5.41, 5.74) is 2.91. The smallest absolute Gasteiger partial charge is 0.277 e. The van der Waals surface area contributed by atoms with E-state index < -0.39 is 21.7 Å². The van der Waals surface area contributed by atoms with E-state index in [4.69, 9.17) is 0 Å². The number of likely N-dealkylation sites (N-methyl/N-ethyl adjacent to an activating group) is 2. The topological polar surface area (TPSA) is 132 Å². The molecule has 0 aliphatic carbocycles. The normalized spacial score (nSPS) is 13.7. The molecule has 0 fully saturated rings. The Kier molecular flexibility index (Phi) is 10.0. The number of hydrogen-bond acceptors (Lipinski definition) is 7. The van der Waals surface area contributed by atoms with Crippen molar-refractivity contribution in [2.24, 2.45) is 0 Å². The molecule has 1 aliphatic rings. The van der Waals surface area contributed by atoms with Crippen LogP contribution in [0.4, 0.5) is 11.5 Å². The molecule has 0 bridgehead atoms. The van der Waals surface area contributed by atoms with E-state index in [0.29, 0.717) is 6.54 Å². The number of anilines is 2. The molecule has 1 aromatic heterocycles. The standard InChI is InChI=1S/C15H13N3O4S.C14H22N2O/c1-18-13(15(20)17-12-8-4-5-9-16-12)14(19)10-6-2-3-7-11(10)23(18,21)22;1-5-16(6-2)10-13(17)15-14-11(3)8-7-9-12(14)4/h2-9,19H,1H3,(H,16,17,20);7-9H,5-6,10H2,1-4H3,(H,15,17). The highest BCUT2D eigenvalue weighted by Gasteiger charge is 2.37. The van der Waals surface area contributed by atoms with E-state index in [2.05, 4.69) is 34.4 Å². The summed E-state index contributed by atoms with van der Waals surface area (Å²) in [5.74, 6) is -0.846. The third kappa shape index (κ3) is 6.85. The molecule has 0 unspecified atom stereocenters. The largest absolute Gasteiger partial charge is 0.505 e. The molecule has 0 atom stereocenters. The molecule has 2 amide bonds. The Balaban J connectivity index is 0.000000232. The minimum Gasteiger partial charge on any atom is -0.505 e. The Morgan fingerprint density at radius 1 is 0.925 bits per heavy atom. The zero-order chi connectivity index (χ0) is 29.4. The number of benzene rings is 2. The number of aryl methyl sites for hydroxylation is 2. The maximum atomic E-state index is 12.5. The number of sulfonamides is 1. The van der Waals surface area contributed by atoms with Gasteiger partial charge in [0, 0.05) is 24.5 Å². The van der Waals surface area contributed by atoms with Crippen molar-refractivity contribution in [1.82, 2.24) is 14.2 Å². The number of fused-ring (bicyclic) bond motifs is 1. The summed E-state index contributed by atoms with van der Waals surface area (Å²) < 4.78 is 25.8. The van der Waals surface area contributed by atoms with Gasteiger partial charge in [0.05, 0.1) is 11.4 Å². The van der Waals surface area contributed by atoms with Crippen LogP contribution in [0.3, 0.4) is 0 Å². The van der Waals surface area contributed by atoms with Crippen LogP contribution in [-0.4, -0.2) is 66.2 Å². The highest BCUT2D eigenvalue weighted by molar-refractivity contribution is 7.89. The molecule has 3 aromatic rings. The van der Waals surface area contributed by atoms with Gasteiger partial charge in [0.1, 0.15) is 5.82 Å². The van der Waals surface area contributed by atoms with Crippen molar-refractivity contribution in [3.63, 3.8) is 0 Å². The molecule has 212 valence electrons. The van der Waals surface area contributed by atoms with Crippen molar-refractivity contribution in [2.75, 3.05) is 37.3 Å². The van der Waals surface area contributed by atoms with Gasteiger partial charge >= 0.3 is 0 Å². The lowest BCUT2D eigenvalue weighted by Crippen LogP contribution is -2.37. The van der Waals surface area contributed by atoms with Crippen LogP contribution in [0.25, 0.3) is 5.76 Å². The summed E-state index contributed by atoms with van der Waals surface area (Å²) in [7, 11) is -2.69. The first-order valence-corrected chi connectivity index (χ1v) is 14.3. The van der Waals surface area contributed by atoms with Crippen molar-refractivity contribution >= 4 is 39.1 Å². The summed E-state index contributed by atoms with van der Waals surface area (Å²) in [4.78, 5) is 30.3. The predicted octanol–water partition coefficient (Wildman–Crippen LogP) is 4.16. The van der Waals surface area contributed by atoms with Gasteiger partial charge in [-0.15, -0.1) is 0 Å². The van der Waals surface area contributed by atoms with Crippen LogP contribution in [0.2, 0.25) is 0 Å². The molecule has 0 spiro atoms. The number of aliphatic hydroxyl groups excluding tert-OH is 1. The number of nitrogens with zero attached hydrogens (tertiary/aromatic N) is 3. The highest BCUT2D eigenvalue weighted by Crippen LogP contribution is 2.34. The fourth-order valence-electron chi connectivity index (χ4n) is 4.14. The second kappa shape index (κ2) is 13.2. The minimum atomic E-state index is -3.91. The van der Waals surface area contributed by atoms with Crippen molar-refractivity contribution in [2.45, 2.75) is 32.6 Å². The van der Waals surface area contributed by atoms with Gasteiger partial charge in [-0.1, -0.05) is 50.2 Å². The third-order valence-electron chi connectivity index (χ3n) is 6.45. The van der Waals surface area contributed by atoms with Crippen molar-refractivity contribution < 1.29 is 23.1 Å². The van der Waals surface area contributed by atoms with E-state index >= 15 is 0 Å². The van der Waals surface area contributed by atoms with E-state index in [1.54, 1.807) is 30.3 Å². The van der Waals surface area contributed by atoms with Crippen molar-refractivity contribution in [3.05, 3.63) is 89.2 Å². The number of aliphatic hydroxyl groups is 1. The van der Waals surface area contributed by atoms with Gasteiger partial charge in [-0.3, -0.25) is 18.8 Å². The van der Waals surface area contributed by atoms with Gasteiger partial charge in [0.15, 0.2) is 11.5 Å². The first kappa shape index (κ1) is 30.3. The van der Waals surface area contributed by atoms with E-state index in [0.717, 1.165) is 34.2 Å². The number of amides is 2. The number of pyridine rings is 1. The van der Waals surface area contributed by atoms with Gasteiger partial charge in [0.2, 0.25) is 5.91 Å². The Morgan fingerprint density at radius 3 is 2.15 bits per heavy atom. The number of para-hydroxylation sites is 1. The van der Waals surface area contributed by atoms with Crippen LogP contribution < -0.4 is 10.6 Å². The average molecular weight is 566 g/mol. The van der Waals surface area contributed by atoms with Crippen LogP contribution in [0, 0.1) is 13.8 Å². The zero-order valence-corrected chi connectivity index (χ0v) is 24.1. The van der Waals surface area contributed by atoms with Gasteiger partial charge in [0.25, 0.3) is 15.9 Å². The number of aromatic nitrogens is 1. The second-order valence-electron chi connectivity index (χ2n) is 9.11. The van der Waals surface area contributed by atoms with Gasteiger partial charge in [-0.25, -0.2) is 13.4 Å². The third-order valence-corrected chi connectivity index (χ3v) is 8.26. The SMILES string of the molecule is CCN(CC)CC(=O)Nc1c(C)cccc1C.CN1C(C(=O)Nc2ccccn2)=C(O)c2ccccc2S1(=O)=O. The Bertz CT molecular complexity index is 1480. The molecule has 10 nitrogen and oxygen atoms in total. The molecule has 0 saturated heterocycles. The summed E-state index contributed by atoms with van der Waals surface area (Å²) in [6.07, 6.45) is 1.49. The molecule has 1 aliphatic heterocycles. The average Bonchev–Trinajstić information content (AvgIpc) is 2.94. The molecular formula is C29H35N5O5S. The molecular weight excluding hydrogens is 530 g/mol. The fourth-order valence-corrected chi connectivity index (χ4v) is 5.53. The summed E-state index contributed by atoms with van der Waals surface area (Å²) in [5, 5.41) is 15.8. The van der Waals surface area contributed by atoms with Crippen LogP contribution in [0.15, 0.2) is 77.5 Å². The number of carbonyl (C=O) groups excluding carboxylic acids is 2. The lowest BCUT2D eigenvalue weighted by atomic mass is 10.1. The number of nitrogens with one attached hydrogen (secondary N) is 2. The Labute approximate surface area is 235 Å².